The van der Waals surface area contributed by atoms with Crippen molar-refractivity contribution in [3.8, 4) is 23.0 Å². The first kappa shape index (κ1) is 37.6. The zero-order chi connectivity index (χ0) is 36.3. The average molecular weight is 704 g/mol. The molecule has 0 saturated carbocycles. The minimum absolute atomic E-state index is 0.0512. The van der Waals surface area contributed by atoms with Gasteiger partial charge in [-0.2, -0.15) is 0 Å². The van der Waals surface area contributed by atoms with Gasteiger partial charge in [0.05, 0.1) is 39.0 Å². The smallest absolute Gasteiger partial charge is 0.265 e. The van der Waals surface area contributed by atoms with Crippen LogP contribution in [0, 0.1) is 6.92 Å². The Balaban J connectivity index is 1.89. The summed E-state index contributed by atoms with van der Waals surface area (Å²) < 4.78 is 52.0. The topological polar surface area (TPSA) is 124 Å². The number of methoxy groups -OCH3 is 4. The molecule has 0 spiro atoms. The molecule has 0 aromatic heterocycles. The summed E-state index contributed by atoms with van der Waals surface area (Å²) in [6.07, 6.45) is 0.904. The molecule has 4 aromatic carbocycles. The summed E-state index contributed by atoms with van der Waals surface area (Å²) in [4.78, 5) is 30.0. The molecule has 4 rings (SSSR count). The Hall–Kier alpha value is -5.23. The second-order valence-electron chi connectivity index (χ2n) is 11.6. The number of aryl methyl sites for hydroxylation is 1. The lowest BCUT2D eigenvalue weighted by molar-refractivity contribution is -0.140. The van der Waals surface area contributed by atoms with Crippen molar-refractivity contribution in [2.24, 2.45) is 0 Å². The van der Waals surface area contributed by atoms with Crippen molar-refractivity contribution >= 4 is 27.5 Å². The second-order valence-corrected chi connectivity index (χ2v) is 13.4. The van der Waals surface area contributed by atoms with Crippen molar-refractivity contribution in [3.05, 3.63) is 108 Å². The van der Waals surface area contributed by atoms with E-state index in [0.29, 0.717) is 24.5 Å². The van der Waals surface area contributed by atoms with E-state index in [1.165, 1.54) is 57.6 Å². The largest absolute Gasteiger partial charge is 0.497 e. The van der Waals surface area contributed by atoms with E-state index in [1.807, 2.05) is 68.4 Å². The first-order valence-electron chi connectivity index (χ1n) is 16.2. The molecule has 50 heavy (non-hydrogen) atoms. The normalized spacial score (nSPS) is 11.6. The molecule has 4 aromatic rings. The van der Waals surface area contributed by atoms with Gasteiger partial charge in [-0.15, -0.1) is 0 Å². The third kappa shape index (κ3) is 9.06. The molecule has 2 amide bonds. The van der Waals surface area contributed by atoms with E-state index in [0.717, 1.165) is 21.0 Å². The van der Waals surface area contributed by atoms with Crippen LogP contribution in [0.3, 0.4) is 0 Å². The zero-order valence-electron chi connectivity index (χ0n) is 29.3. The lowest BCUT2D eigenvalue weighted by Gasteiger charge is -2.34. The van der Waals surface area contributed by atoms with Crippen molar-refractivity contribution in [1.29, 1.82) is 0 Å². The van der Waals surface area contributed by atoms with Crippen LogP contribution in [0.15, 0.2) is 95.9 Å². The van der Waals surface area contributed by atoms with Gasteiger partial charge in [0.1, 0.15) is 24.1 Å². The predicted octanol–water partition coefficient (Wildman–Crippen LogP) is 5.39. The van der Waals surface area contributed by atoms with Crippen molar-refractivity contribution in [2.45, 2.75) is 44.2 Å². The first-order chi connectivity index (χ1) is 24.1. The molecule has 11 nitrogen and oxygen atoms in total. The Labute approximate surface area is 294 Å². The van der Waals surface area contributed by atoms with Gasteiger partial charge in [0.2, 0.25) is 11.8 Å². The zero-order valence-corrected chi connectivity index (χ0v) is 30.2. The molecule has 1 atom stereocenters. The third-order valence-corrected chi connectivity index (χ3v) is 9.93. The van der Waals surface area contributed by atoms with Crippen LogP contribution in [-0.4, -0.2) is 72.7 Å². The molecule has 0 bridgehead atoms. The fourth-order valence-electron chi connectivity index (χ4n) is 5.42. The quantitative estimate of drug-likeness (QED) is 0.155. The molecule has 0 radical (unpaired) electrons. The maximum Gasteiger partial charge on any atom is 0.265 e. The van der Waals surface area contributed by atoms with Crippen LogP contribution in [0.1, 0.15) is 30.0 Å². The Morgan fingerprint density at radius 3 is 2.04 bits per heavy atom. The van der Waals surface area contributed by atoms with Crippen LogP contribution in [0.4, 0.5) is 5.69 Å². The highest BCUT2D eigenvalue weighted by molar-refractivity contribution is 7.92. The summed E-state index contributed by atoms with van der Waals surface area (Å²) in [5.74, 6) is 0.108. The number of hydrogen-bond donors (Lipinski definition) is 1. The van der Waals surface area contributed by atoms with Crippen molar-refractivity contribution in [1.82, 2.24) is 10.2 Å². The van der Waals surface area contributed by atoms with Gasteiger partial charge in [-0.3, -0.25) is 13.9 Å². The number of nitrogens with zero attached hydrogens (tertiary/aromatic N) is 2. The van der Waals surface area contributed by atoms with E-state index >= 15 is 0 Å². The lowest BCUT2D eigenvalue weighted by Crippen LogP contribution is -2.53. The maximum atomic E-state index is 14.8. The van der Waals surface area contributed by atoms with Crippen LogP contribution in [0.25, 0.3) is 0 Å². The number of carbonyl (C=O) groups excluding carboxylic acids is 2. The van der Waals surface area contributed by atoms with Crippen LogP contribution in [0.2, 0.25) is 0 Å². The molecular formula is C38H45N3O8S. The van der Waals surface area contributed by atoms with Gasteiger partial charge in [-0.05, 0) is 48.7 Å². The number of ether oxygens (including phenoxy) is 4. The molecule has 0 aliphatic carbocycles. The van der Waals surface area contributed by atoms with Gasteiger partial charge in [0.25, 0.3) is 10.0 Å². The van der Waals surface area contributed by atoms with Gasteiger partial charge in [0.15, 0.2) is 11.5 Å². The molecule has 0 heterocycles. The van der Waals surface area contributed by atoms with Gasteiger partial charge >= 0.3 is 0 Å². The minimum Gasteiger partial charge on any atom is -0.497 e. The standard InChI is InChI=1S/C38H45N3O8S/c1-7-21-39-38(43)33(22-28-11-9-8-10-12-28)40(25-29-15-13-27(2)14-16-29)37(42)26-41(32-23-30(46-3)17-19-34(32)47-4)50(44,45)31-18-20-35(48-5)36(24-31)49-6/h8-20,23-24,33H,7,21-22,25-26H2,1-6H3,(H,39,43)/t33-/m1/s1. The number of carbonyl (C=O) groups is 2. The van der Waals surface area contributed by atoms with Gasteiger partial charge in [-0.25, -0.2) is 8.42 Å². The Morgan fingerprint density at radius 2 is 1.42 bits per heavy atom. The number of rotatable bonds is 17. The Morgan fingerprint density at radius 1 is 0.760 bits per heavy atom. The maximum absolute atomic E-state index is 14.8. The third-order valence-electron chi connectivity index (χ3n) is 8.17. The van der Waals surface area contributed by atoms with E-state index < -0.39 is 28.5 Å². The summed E-state index contributed by atoms with van der Waals surface area (Å²) in [7, 11) is 1.23. The molecule has 266 valence electrons. The van der Waals surface area contributed by atoms with E-state index in [2.05, 4.69) is 5.32 Å². The van der Waals surface area contributed by atoms with Crippen LogP contribution in [-0.2, 0) is 32.6 Å². The lowest BCUT2D eigenvalue weighted by atomic mass is 10.0. The average Bonchev–Trinajstić information content (AvgIpc) is 3.14. The molecule has 0 aliphatic rings. The molecule has 0 fully saturated rings. The molecule has 0 saturated heterocycles. The summed E-state index contributed by atoms with van der Waals surface area (Å²) in [5, 5.41) is 2.95. The second kappa shape index (κ2) is 17.4. The first-order valence-corrected chi connectivity index (χ1v) is 17.6. The van der Waals surface area contributed by atoms with Crippen LogP contribution >= 0.6 is 0 Å². The highest BCUT2D eigenvalue weighted by Gasteiger charge is 2.36. The summed E-state index contributed by atoms with van der Waals surface area (Å²) in [6, 6.07) is 24.9. The summed E-state index contributed by atoms with van der Waals surface area (Å²) in [6.45, 7) is 3.70. The highest BCUT2D eigenvalue weighted by Crippen LogP contribution is 2.38. The van der Waals surface area contributed by atoms with Crippen LogP contribution < -0.4 is 28.6 Å². The Kier molecular flexibility index (Phi) is 13.1. The van der Waals surface area contributed by atoms with Gasteiger partial charge < -0.3 is 29.2 Å². The number of sulfonamides is 1. The molecular weight excluding hydrogens is 658 g/mol. The van der Waals surface area contributed by atoms with Crippen molar-refractivity contribution in [3.63, 3.8) is 0 Å². The molecule has 1 N–H and O–H groups in total. The number of hydrogen-bond acceptors (Lipinski definition) is 8. The van der Waals surface area contributed by atoms with Crippen LogP contribution in [0.5, 0.6) is 23.0 Å². The summed E-state index contributed by atoms with van der Waals surface area (Å²) >= 11 is 0. The van der Waals surface area contributed by atoms with E-state index in [-0.39, 0.29) is 41.0 Å². The number of nitrogens with one attached hydrogen (secondary N) is 1. The molecule has 0 aliphatic heterocycles. The van der Waals surface area contributed by atoms with Gasteiger partial charge in [-0.1, -0.05) is 67.1 Å². The SMILES string of the molecule is CCCNC(=O)[C@@H](Cc1ccccc1)N(Cc1ccc(C)cc1)C(=O)CN(c1cc(OC)ccc1OC)S(=O)(=O)c1ccc(OC)c(OC)c1. The molecule has 12 heteroatoms. The summed E-state index contributed by atoms with van der Waals surface area (Å²) in [5.41, 5.74) is 2.72. The van der Waals surface area contributed by atoms with E-state index in [1.54, 1.807) is 12.1 Å². The monoisotopic (exact) mass is 703 g/mol. The number of amides is 2. The number of anilines is 1. The predicted molar refractivity (Wildman–Crippen MR) is 193 cm³/mol. The number of benzene rings is 4. The minimum atomic E-state index is -4.48. The fraction of sp³-hybridized carbons (Fsp3) is 0.316. The molecule has 0 unspecified atom stereocenters. The van der Waals surface area contributed by atoms with E-state index in [9.17, 15) is 18.0 Å². The van der Waals surface area contributed by atoms with E-state index in [4.69, 9.17) is 18.9 Å². The fourth-order valence-corrected chi connectivity index (χ4v) is 6.85. The van der Waals surface area contributed by atoms with Crippen molar-refractivity contribution < 1.29 is 37.0 Å². The van der Waals surface area contributed by atoms with Crippen molar-refractivity contribution in [2.75, 3.05) is 45.8 Å². The Bertz CT molecular complexity index is 1850. The van der Waals surface area contributed by atoms with Gasteiger partial charge in [0, 0.05) is 31.6 Å². The highest BCUT2D eigenvalue weighted by atomic mass is 32.2.